The zero-order valence-electron chi connectivity index (χ0n) is 11.9. The van der Waals surface area contributed by atoms with Gasteiger partial charge in [-0.3, -0.25) is 0 Å². The quantitative estimate of drug-likeness (QED) is 0.490. The summed E-state index contributed by atoms with van der Waals surface area (Å²) in [7, 11) is 0. The smallest absolute Gasteiger partial charge is 0.340 e. The minimum atomic E-state index is -0.634. The zero-order chi connectivity index (χ0) is 16.5. The van der Waals surface area contributed by atoms with Gasteiger partial charge in [-0.15, -0.1) is 0 Å². The second-order valence-corrected chi connectivity index (χ2v) is 4.75. The Balaban J connectivity index is 3.28. The maximum Gasteiger partial charge on any atom is 0.340 e. The second kappa shape index (κ2) is 9.18. The molecule has 4 nitrogen and oxygen atoms in total. The van der Waals surface area contributed by atoms with E-state index in [4.69, 9.17) is 37.4 Å². The van der Waals surface area contributed by atoms with E-state index in [0.717, 1.165) is 0 Å². The minimum absolute atomic E-state index is 0.0550. The van der Waals surface area contributed by atoms with Gasteiger partial charge in [-0.1, -0.05) is 61.2 Å². The number of hydrogen-bond donors (Lipinski definition) is 0. The van der Waals surface area contributed by atoms with E-state index in [0.29, 0.717) is 0 Å². The predicted molar refractivity (Wildman–Crippen MR) is 88.3 cm³/mol. The summed E-state index contributed by atoms with van der Waals surface area (Å²) in [6.45, 7) is 11.0. The molecule has 0 spiro atoms. The van der Waals surface area contributed by atoms with E-state index < -0.39 is 5.97 Å². The van der Waals surface area contributed by atoms with Crippen molar-refractivity contribution < 1.29 is 19.0 Å². The molecule has 0 aliphatic rings. The molecule has 0 aliphatic heterocycles. The van der Waals surface area contributed by atoms with E-state index in [1.54, 1.807) is 6.08 Å². The van der Waals surface area contributed by atoms with Gasteiger partial charge in [-0.25, -0.2) is 4.79 Å². The highest BCUT2D eigenvalue weighted by molar-refractivity contribution is 6.38. The molecule has 1 rings (SSSR count). The van der Waals surface area contributed by atoms with Crippen LogP contribution in [-0.2, 0) is 4.74 Å². The fraction of sp³-hybridized carbons (Fsp3) is 0.188. The fourth-order valence-corrected chi connectivity index (χ4v) is 2.02. The number of halogens is 2. The summed E-state index contributed by atoms with van der Waals surface area (Å²) in [5.41, 5.74) is 0.0820. The fourth-order valence-electron chi connectivity index (χ4n) is 1.49. The SMILES string of the molecule is C=CCOC(=O)c1cc(Cl)c(OCC=C)c(OCC=C)c1Cl. The summed E-state index contributed by atoms with van der Waals surface area (Å²) in [5.74, 6) is -0.249. The Morgan fingerprint density at radius 2 is 1.55 bits per heavy atom. The maximum absolute atomic E-state index is 12.0. The van der Waals surface area contributed by atoms with Crippen molar-refractivity contribution in [1.29, 1.82) is 0 Å². The van der Waals surface area contributed by atoms with E-state index >= 15 is 0 Å². The van der Waals surface area contributed by atoms with Gasteiger partial charge in [0.05, 0.1) is 10.6 Å². The number of carbonyl (C=O) groups excluding carboxylic acids is 1. The zero-order valence-corrected chi connectivity index (χ0v) is 13.5. The van der Waals surface area contributed by atoms with Gasteiger partial charge in [-0.2, -0.15) is 0 Å². The molecule has 0 fully saturated rings. The first-order valence-corrected chi connectivity index (χ1v) is 7.09. The lowest BCUT2D eigenvalue weighted by molar-refractivity contribution is 0.0549. The van der Waals surface area contributed by atoms with Gasteiger partial charge < -0.3 is 14.2 Å². The summed E-state index contributed by atoms with van der Waals surface area (Å²) in [4.78, 5) is 12.0. The third-order valence-electron chi connectivity index (χ3n) is 2.37. The molecule has 6 heteroatoms. The summed E-state index contributed by atoms with van der Waals surface area (Å²) in [5, 5.41) is 0.232. The van der Waals surface area contributed by atoms with Crippen LogP contribution in [0.2, 0.25) is 10.0 Å². The van der Waals surface area contributed by atoms with Gasteiger partial charge >= 0.3 is 5.97 Å². The normalized spacial score (nSPS) is 9.73. The molecule has 22 heavy (non-hydrogen) atoms. The number of rotatable bonds is 9. The topological polar surface area (TPSA) is 44.8 Å². The van der Waals surface area contributed by atoms with Crippen molar-refractivity contribution in [2.75, 3.05) is 19.8 Å². The molecule has 0 saturated heterocycles. The highest BCUT2D eigenvalue weighted by atomic mass is 35.5. The first-order valence-electron chi connectivity index (χ1n) is 6.34. The molecular weight excluding hydrogens is 327 g/mol. The van der Waals surface area contributed by atoms with Crippen molar-refractivity contribution in [3.63, 3.8) is 0 Å². The monoisotopic (exact) mass is 342 g/mol. The Morgan fingerprint density at radius 3 is 2.09 bits per heavy atom. The van der Waals surface area contributed by atoms with Crippen LogP contribution in [0.5, 0.6) is 11.5 Å². The van der Waals surface area contributed by atoms with E-state index in [2.05, 4.69) is 19.7 Å². The third kappa shape index (κ3) is 4.55. The number of carbonyl (C=O) groups is 1. The first kappa shape index (κ1) is 18.1. The average Bonchev–Trinajstić information content (AvgIpc) is 2.51. The Bertz CT molecular complexity index is 582. The van der Waals surface area contributed by atoms with Crippen molar-refractivity contribution >= 4 is 29.2 Å². The molecule has 0 atom stereocenters. The van der Waals surface area contributed by atoms with E-state index in [1.165, 1.54) is 18.2 Å². The Kier molecular flexibility index (Phi) is 7.57. The lowest BCUT2D eigenvalue weighted by Gasteiger charge is -2.16. The van der Waals surface area contributed by atoms with Crippen LogP contribution in [0.4, 0.5) is 0 Å². The predicted octanol–water partition coefficient (Wildman–Crippen LogP) is 4.47. The summed E-state index contributed by atoms with van der Waals surface area (Å²) < 4.78 is 15.9. The van der Waals surface area contributed by atoms with Crippen molar-refractivity contribution in [3.05, 3.63) is 59.6 Å². The number of esters is 1. The van der Waals surface area contributed by atoms with E-state index in [1.807, 2.05) is 0 Å². The molecular formula is C16H16Cl2O4. The van der Waals surface area contributed by atoms with E-state index in [9.17, 15) is 4.79 Å². The van der Waals surface area contributed by atoms with Crippen molar-refractivity contribution in [2.24, 2.45) is 0 Å². The van der Waals surface area contributed by atoms with Crippen LogP contribution < -0.4 is 9.47 Å². The first-order chi connectivity index (χ1) is 10.6. The van der Waals surface area contributed by atoms with Gasteiger partial charge in [0.25, 0.3) is 0 Å². The maximum atomic E-state index is 12.0. The molecule has 0 amide bonds. The second-order valence-electron chi connectivity index (χ2n) is 3.96. The summed E-state index contributed by atoms with van der Waals surface area (Å²) in [6, 6.07) is 1.37. The molecule has 0 radical (unpaired) electrons. The van der Waals surface area contributed by atoms with Gasteiger partial charge in [-0.05, 0) is 6.07 Å². The largest absolute Gasteiger partial charge is 0.484 e. The van der Waals surface area contributed by atoms with Crippen LogP contribution in [-0.4, -0.2) is 25.8 Å². The molecule has 0 aliphatic carbocycles. The van der Waals surface area contributed by atoms with Crippen LogP contribution in [0.15, 0.2) is 44.0 Å². The Morgan fingerprint density at radius 1 is 1.00 bits per heavy atom. The molecule has 0 bridgehead atoms. The summed E-state index contributed by atoms with van der Waals surface area (Å²) >= 11 is 12.4. The number of hydrogen-bond acceptors (Lipinski definition) is 4. The molecule has 1 aromatic carbocycles. The van der Waals surface area contributed by atoms with Gasteiger partial charge in [0, 0.05) is 0 Å². The lowest BCUT2D eigenvalue weighted by atomic mass is 10.2. The van der Waals surface area contributed by atoms with Crippen LogP contribution in [0.3, 0.4) is 0 Å². The van der Waals surface area contributed by atoms with Gasteiger partial charge in [0.2, 0.25) is 0 Å². The van der Waals surface area contributed by atoms with Crippen LogP contribution in [0.25, 0.3) is 0 Å². The minimum Gasteiger partial charge on any atom is -0.484 e. The lowest BCUT2D eigenvalue weighted by Crippen LogP contribution is -2.09. The molecule has 0 aromatic heterocycles. The number of benzene rings is 1. The standard InChI is InChI=1S/C16H16Cl2O4/c1-4-7-20-14-12(17)10-11(16(19)22-9-6-3)13(18)15(14)21-8-5-2/h4-6,10H,1-3,7-9H2. The van der Waals surface area contributed by atoms with Crippen LogP contribution in [0.1, 0.15) is 10.4 Å². The van der Waals surface area contributed by atoms with Gasteiger partial charge in [0.15, 0.2) is 11.5 Å². The Labute approximate surface area is 139 Å². The summed E-state index contributed by atoms with van der Waals surface area (Å²) in [6.07, 6.45) is 4.53. The molecule has 0 unspecified atom stereocenters. The highest BCUT2D eigenvalue weighted by Crippen LogP contribution is 2.43. The average molecular weight is 343 g/mol. The van der Waals surface area contributed by atoms with E-state index in [-0.39, 0.29) is 46.9 Å². The third-order valence-corrected chi connectivity index (χ3v) is 3.03. The number of ether oxygens (including phenoxy) is 3. The molecule has 0 N–H and O–H groups in total. The Hall–Kier alpha value is -1.91. The highest BCUT2D eigenvalue weighted by Gasteiger charge is 2.23. The van der Waals surface area contributed by atoms with Crippen molar-refractivity contribution in [2.45, 2.75) is 0 Å². The molecule has 0 heterocycles. The van der Waals surface area contributed by atoms with Crippen molar-refractivity contribution in [3.8, 4) is 11.5 Å². The molecule has 0 saturated carbocycles. The van der Waals surface area contributed by atoms with Crippen LogP contribution in [0, 0.1) is 0 Å². The van der Waals surface area contributed by atoms with Crippen LogP contribution >= 0.6 is 23.2 Å². The molecule has 1 aromatic rings. The van der Waals surface area contributed by atoms with Crippen molar-refractivity contribution in [1.82, 2.24) is 0 Å². The molecule has 118 valence electrons. The van der Waals surface area contributed by atoms with Gasteiger partial charge in [0.1, 0.15) is 24.8 Å².